The van der Waals surface area contributed by atoms with Crippen LogP contribution in [0.25, 0.3) is 0 Å². The van der Waals surface area contributed by atoms with Crippen molar-refractivity contribution < 1.29 is 9.59 Å². The quantitative estimate of drug-likeness (QED) is 0.246. The highest BCUT2D eigenvalue weighted by Crippen LogP contribution is 2.34. The van der Waals surface area contributed by atoms with Gasteiger partial charge in [0.1, 0.15) is 0 Å². The highest BCUT2D eigenvalue weighted by atomic mass is 32.1. The van der Waals surface area contributed by atoms with Crippen LogP contribution in [-0.4, -0.2) is 34.1 Å². The van der Waals surface area contributed by atoms with Gasteiger partial charge in [0.15, 0.2) is 5.13 Å². The van der Waals surface area contributed by atoms with Gasteiger partial charge in [-0.2, -0.15) is 10.3 Å². The first kappa shape index (κ1) is 27.5. The van der Waals surface area contributed by atoms with Crippen molar-refractivity contribution in [2.75, 3.05) is 11.9 Å². The molecule has 1 N–H and O–H groups in total. The van der Waals surface area contributed by atoms with E-state index in [1.165, 1.54) is 17.7 Å². The molecule has 3 amide bonds. The van der Waals surface area contributed by atoms with Gasteiger partial charge in [0.25, 0.3) is 5.91 Å². The fourth-order valence-electron chi connectivity index (χ4n) is 5.17. The average molecular weight is 530 g/mol. The molecule has 7 nitrogen and oxygen atoms in total. The zero-order chi connectivity index (χ0) is 27.1. The third kappa shape index (κ3) is 6.65. The number of rotatable bonds is 6. The first-order chi connectivity index (χ1) is 18.4. The van der Waals surface area contributed by atoms with E-state index in [-0.39, 0.29) is 18.0 Å². The second-order valence-corrected chi connectivity index (χ2v) is 11.0. The second-order valence-electron chi connectivity index (χ2n) is 9.93. The van der Waals surface area contributed by atoms with Crippen LogP contribution in [0.2, 0.25) is 0 Å². The standard InChI is InChI=1S/C30H35N5O2S/c1-4-8-24(17-20(3)19-31)32-30(37)35-16-7-11-26(35)22-9-6-10-23(18-22)28(36)34-29-33-25-14-12-21(5-2)13-15-27(25)38-29/h4,6,8-10,17-18,21,26H,5,7,11-16H2,1-3H3,(H,33,34,36)/b8-4-,20-17+,32-24?. The van der Waals surface area contributed by atoms with Crippen molar-refractivity contribution in [2.45, 2.75) is 71.8 Å². The summed E-state index contributed by atoms with van der Waals surface area (Å²) in [5.41, 5.74) is 3.52. The molecule has 2 heterocycles. The van der Waals surface area contributed by atoms with E-state index in [4.69, 9.17) is 10.2 Å². The summed E-state index contributed by atoms with van der Waals surface area (Å²) >= 11 is 1.59. The lowest BCUT2D eigenvalue weighted by atomic mass is 9.97. The van der Waals surface area contributed by atoms with Crippen LogP contribution in [0.5, 0.6) is 0 Å². The number of carbonyl (C=O) groups excluding carboxylic acids is 2. The molecule has 1 aromatic carbocycles. The third-order valence-corrected chi connectivity index (χ3v) is 8.35. The number of aryl methyl sites for hydroxylation is 2. The number of carbonyl (C=O) groups is 2. The number of likely N-dealkylation sites (tertiary alicyclic amines) is 1. The Balaban J connectivity index is 1.48. The monoisotopic (exact) mass is 529 g/mol. The topological polar surface area (TPSA) is 98.5 Å². The molecule has 0 spiro atoms. The van der Waals surface area contributed by atoms with Crippen LogP contribution in [0.3, 0.4) is 0 Å². The zero-order valence-electron chi connectivity index (χ0n) is 22.4. The van der Waals surface area contributed by atoms with Crippen LogP contribution in [0.1, 0.15) is 85.4 Å². The van der Waals surface area contributed by atoms with Crippen LogP contribution in [0.4, 0.5) is 9.93 Å². The number of allylic oxidation sites excluding steroid dienone is 4. The minimum atomic E-state index is -0.341. The number of thiazole rings is 1. The molecule has 4 rings (SSSR count). The predicted molar refractivity (Wildman–Crippen MR) is 153 cm³/mol. The Hall–Kier alpha value is -3.57. The lowest BCUT2D eigenvalue weighted by Gasteiger charge is -2.23. The van der Waals surface area contributed by atoms with Crippen molar-refractivity contribution in [3.63, 3.8) is 0 Å². The number of urea groups is 1. The number of benzene rings is 1. The van der Waals surface area contributed by atoms with Gasteiger partial charge in [-0.05, 0) is 88.1 Å². The van der Waals surface area contributed by atoms with Gasteiger partial charge >= 0.3 is 6.03 Å². The Morgan fingerprint density at radius 2 is 2.11 bits per heavy atom. The van der Waals surface area contributed by atoms with E-state index < -0.39 is 0 Å². The molecule has 2 aliphatic rings. The van der Waals surface area contributed by atoms with Crippen LogP contribution in [0.15, 0.2) is 53.1 Å². The zero-order valence-corrected chi connectivity index (χ0v) is 23.2. The van der Waals surface area contributed by atoms with Crippen molar-refractivity contribution in [3.8, 4) is 6.07 Å². The number of nitrogens with zero attached hydrogens (tertiary/aromatic N) is 4. The average Bonchev–Trinajstić information content (AvgIpc) is 3.52. The van der Waals surface area contributed by atoms with Crippen LogP contribution in [0, 0.1) is 17.2 Å². The largest absolute Gasteiger partial charge is 0.344 e. The minimum absolute atomic E-state index is 0.158. The van der Waals surface area contributed by atoms with E-state index in [1.807, 2.05) is 25.1 Å². The summed E-state index contributed by atoms with van der Waals surface area (Å²) in [5, 5.41) is 12.8. The second kappa shape index (κ2) is 12.8. The maximum atomic E-state index is 13.1. The van der Waals surface area contributed by atoms with Crippen molar-refractivity contribution >= 4 is 34.1 Å². The molecule has 1 aliphatic carbocycles. The fraction of sp³-hybridized carbons (Fsp3) is 0.433. The number of amides is 3. The van der Waals surface area contributed by atoms with Crippen LogP contribution >= 0.6 is 11.3 Å². The first-order valence-corrected chi connectivity index (χ1v) is 14.2. The van der Waals surface area contributed by atoms with Gasteiger partial charge in [0.2, 0.25) is 0 Å². The van der Waals surface area contributed by atoms with E-state index in [2.05, 4.69) is 23.3 Å². The maximum Gasteiger partial charge on any atom is 0.344 e. The summed E-state index contributed by atoms with van der Waals surface area (Å²) in [7, 11) is 0. The van der Waals surface area contributed by atoms with Gasteiger partial charge in [0, 0.05) is 22.6 Å². The Labute approximate surface area is 229 Å². The Morgan fingerprint density at radius 3 is 2.87 bits per heavy atom. The van der Waals surface area contributed by atoms with Crippen LogP contribution in [-0.2, 0) is 12.8 Å². The molecular weight excluding hydrogens is 494 g/mol. The number of anilines is 1. The van der Waals surface area contributed by atoms with Gasteiger partial charge in [-0.3, -0.25) is 10.1 Å². The highest BCUT2D eigenvalue weighted by Gasteiger charge is 2.30. The lowest BCUT2D eigenvalue weighted by molar-refractivity contribution is 0.102. The number of fused-ring (bicyclic) bond motifs is 1. The molecule has 1 aromatic heterocycles. The molecule has 198 valence electrons. The van der Waals surface area contributed by atoms with Gasteiger partial charge in [-0.1, -0.05) is 31.6 Å². The molecule has 1 saturated heterocycles. The first-order valence-electron chi connectivity index (χ1n) is 13.4. The van der Waals surface area contributed by atoms with Crippen molar-refractivity contribution in [2.24, 2.45) is 10.9 Å². The summed E-state index contributed by atoms with van der Waals surface area (Å²) in [6.45, 7) is 6.37. The summed E-state index contributed by atoms with van der Waals surface area (Å²) in [6.07, 6.45) is 12.3. The van der Waals surface area contributed by atoms with E-state index in [0.29, 0.717) is 28.5 Å². The minimum Gasteiger partial charge on any atom is -0.316 e. The molecule has 0 saturated carbocycles. The SMILES string of the molecule is C/C=C\C(/C=C(\C)C#N)=NC(=O)N1CCCC1c1cccc(C(=O)Nc2nc3c(s2)CCC(CC)CC3)c1. The summed E-state index contributed by atoms with van der Waals surface area (Å²) in [4.78, 5) is 38.3. The molecular formula is C30H35N5O2S. The summed E-state index contributed by atoms with van der Waals surface area (Å²) in [6, 6.07) is 9.05. The molecule has 1 fully saturated rings. The van der Waals surface area contributed by atoms with Crippen LogP contribution < -0.4 is 5.32 Å². The maximum absolute atomic E-state index is 13.1. The van der Waals surface area contributed by atoms with E-state index in [9.17, 15) is 9.59 Å². The smallest absolute Gasteiger partial charge is 0.316 e. The van der Waals surface area contributed by atoms with Crippen molar-refractivity contribution in [1.29, 1.82) is 5.26 Å². The number of nitrogens with one attached hydrogen (secondary N) is 1. The van der Waals surface area contributed by atoms with E-state index >= 15 is 0 Å². The molecule has 2 unspecified atom stereocenters. The number of aromatic nitrogens is 1. The highest BCUT2D eigenvalue weighted by molar-refractivity contribution is 7.15. The Bertz CT molecular complexity index is 1290. The molecule has 0 bridgehead atoms. The number of hydrogen-bond donors (Lipinski definition) is 1. The fourth-order valence-corrected chi connectivity index (χ4v) is 6.19. The normalized spacial score (nSPS) is 20.2. The number of nitriles is 1. The summed E-state index contributed by atoms with van der Waals surface area (Å²) in [5.74, 6) is 0.571. The molecule has 2 aromatic rings. The Kier molecular flexibility index (Phi) is 9.24. The molecule has 1 aliphatic heterocycles. The lowest BCUT2D eigenvalue weighted by Crippen LogP contribution is -2.28. The molecule has 8 heteroatoms. The van der Waals surface area contributed by atoms with Gasteiger partial charge in [0.05, 0.1) is 23.5 Å². The molecule has 0 radical (unpaired) electrons. The van der Waals surface area contributed by atoms with Crippen molar-refractivity contribution in [1.82, 2.24) is 9.88 Å². The summed E-state index contributed by atoms with van der Waals surface area (Å²) < 4.78 is 0. The Morgan fingerprint density at radius 1 is 1.29 bits per heavy atom. The van der Waals surface area contributed by atoms with Crippen molar-refractivity contribution in [3.05, 3.63) is 69.8 Å². The van der Waals surface area contributed by atoms with E-state index in [1.54, 1.807) is 47.5 Å². The third-order valence-electron chi connectivity index (χ3n) is 7.28. The molecule has 38 heavy (non-hydrogen) atoms. The van der Waals surface area contributed by atoms with E-state index in [0.717, 1.165) is 49.3 Å². The number of hydrogen-bond acceptors (Lipinski definition) is 5. The predicted octanol–water partition coefficient (Wildman–Crippen LogP) is 7.04. The molecule has 2 atom stereocenters. The van der Waals surface area contributed by atoms with Gasteiger partial charge in [-0.25, -0.2) is 9.78 Å². The van der Waals surface area contributed by atoms with Gasteiger partial charge < -0.3 is 4.90 Å². The van der Waals surface area contributed by atoms with Gasteiger partial charge in [-0.15, -0.1) is 11.3 Å². The number of aliphatic imine (C=N–C) groups is 1.